The SMILES string of the molecule is CCn1nc(C(C)C)cc1C(=O)N1CCOC(c2ccncc2)C1. The van der Waals surface area contributed by atoms with Crippen molar-refractivity contribution in [1.29, 1.82) is 0 Å². The van der Waals surface area contributed by atoms with E-state index in [9.17, 15) is 4.79 Å². The second-order valence-electron chi connectivity index (χ2n) is 6.32. The van der Waals surface area contributed by atoms with Crippen LogP contribution in [0.2, 0.25) is 0 Å². The van der Waals surface area contributed by atoms with Gasteiger partial charge in [0.1, 0.15) is 11.8 Å². The number of amides is 1. The Hall–Kier alpha value is -2.21. The van der Waals surface area contributed by atoms with Crippen molar-refractivity contribution < 1.29 is 9.53 Å². The number of aromatic nitrogens is 3. The number of ether oxygens (including phenoxy) is 1. The molecule has 0 bridgehead atoms. The summed E-state index contributed by atoms with van der Waals surface area (Å²) in [5.41, 5.74) is 2.67. The summed E-state index contributed by atoms with van der Waals surface area (Å²) in [5.74, 6) is 0.331. The normalized spacial score (nSPS) is 18.2. The molecule has 0 spiro atoms. The molecule has 1 unspecified atom stereocenters. The first kappa shape index (κ1) is 16.6. The summed E-state index contributed by atoms with van der Waals surface area (Å²) >= 11 is 0. The van der Waals surface area contributed by atoms with Crippen LogP contribution in [0.3, 0.4) is 0 Å². The van der Waals surface area contributed by atoms with Gasteiger partial charge in [-0.25, -0.2) is 0 Å². The highest BCUT2D eigenvalue weighted by Crippen LogP contribution is 2.23. The van der Waals surface area contributed by atoms with Gasteiger partial charge in [0.25, 0.3) is 5.91 Å². The van der Waals surface area contributed by atoms with E-state index >= 15 is 0 Å². The van der Waals surface area contributed by atoms with Gasteiger partial charge in [0.05, 0.1) is 18.8 Å². The Morgan fingerprint density at radius 1 is 1.38 bits per heavy atom. The maximum atomic E-state index is 13.0. The van der Waals surface area contributed by atoms with E-state index in [1.807, 2.05) is 30.0 Å². The molecule has 6 heteroatoms. The van der Waals surface area contributed by atoms with Crippen LogP contribution >= 0.6 is 0 Å². The Kier molecular flexibility index (Phi) is 4.94. The highest BCUT2D eigenvalue weighted by atomic mass is 16.5. The number of hydrogen-bond acceptors (Lipinski definition) is 4. The van der Waals surface area contributed by atoms with E-state index in [4.69, 9.17) is 4.74 Å². The van der Waals surface area contributed by atoms with E-state index in [0.29, 0.717) is 37.9 Å². The predicted molar refractivity (Wildman–Crippen MR) is 90.8 cm³/mol. The van der Waals surface area contributed by atoms with Gasteiger partial charge >= 0.3 is 0 Å². The van der Waals surface area contributed by atoms with Crippen LogP contribution in [0, 0.1) is 0 Å². The molecule has 0 radical (unpaired) electrons. The molecular formula is C18H24N4O2. The highest BCUT2D eigenvalue weighted by molar-refractivity contribution is 5.92. The summed E-state index contributed by atoms with van der Waals surface area (Å²) in [4.78, 5) is 18.9. The van der Waals surface area contributed by atoms with Crippen LogP contribution in [0.25, 0.3) is 0 Å². The third-order valence-corrected chi connectivity index (χ3v) is 4.34. The van der Waals surface area contributed by atoms with Crippen molar-refractivity contribution in [3.05, 3.63) is 47.5 Å². The van der Waals surface area contributed by atoms with Crippen LogP contribution in [0.5, 0.6) is 0 Å². The quantitative estimate of drug-likeness (QED) is 0.866. The zero-order valence-electron chi connectivity index (χ0n) is 14.5. The van der Waals surface area contributed by atoms with E-state index in [2.05, 4.69) is 23.9 Å². The number of pyridine rings is 1. The number of carbonyl (C=O) groups excluding carboxylic acids is 1. The molecule has 1 aliphatic rings. The predicted octanol–water partition coefficient (Wildman–Crippen LogP) is 2.64. The number of carbonyl (C=O) groups is 1. The Balaban J connectivity index is 1.80. The van der Waals surface area contributed by atoms with Crippen molar-refractivity contribution >= 4 is 5.91 Å². The zero-order chi connectivity index (χ0) is 17.1. The average molecular weight is 328 g/mol. The van der Waals surface area contributed by atoms with Crippen LogP contribution in [0.1, 0.15) is 54.5 Å². The molecule has 6 nitrogen and oxygen atoms in total. The minimum absolute atomic E-state index is 0.0265. The Labute approximate surface area is 142 Å². The Bertz CT molecular complexity index is 696. The molecule has 0 N–H and O–H groups in total. The summed E-state index contributed by atoms with van der Waals surface area (Å²) in [6.45, 7) is 8.56. The molecular weight excluding hydrogens is 304 g/mol. The van der Waals surface area contributed by atoms with Crippen LogP contribution < -0.4 is 0 Å². The molecule has 128 valence electrons. The zero-order valence-corrected chi connectivity index (χ0v) is 14.5. The molecule has 1 atom stereocenters. The molecule has 2 aromatic rings. The molecule has 0 aromatic carbocycles. The molecule has 1 amide bonds. The first-order valence-electron chi connectivity index (χ1n) is 8.48. The van der Waals surface area contributed by atoms with E-state index in [-0.39, 0.29) is 12.0 Å². The molecule has 0 saturated carbocycles. The van der Waals surface area contributed by atoms with Crippen molar-refractivity contribution in [3.63, 3.8) is 0 Å². The number of rotatable bonds is 4. The fourth-order valence-electron chi connectivity index (χ4n) is 2.91. The van der Waals surface area contributed by atoms with E-state index < -0.39 is 0 Å². The second kappa shape index (κ2) is 7.13. The van der Waals surface area contributed by atoms with Gasteiger partial charge in [-0.1, -0.05) is 13.8 Å². The summed E-state index contributed by atoms with van der Waals surface area (Å²) in [6.07, 6.45) is 3.40. The molecule has 2 aromatic heterocycles. The Morgan fingerprint density at radius 2 is 2.12 bits per heavy atom. The minimum atomic E-state index is -0.103. The van der Waals surface area contributed by atoms with Gasteiger partial charge in [-0.15, -0.1) is 0 Å². The summed E-state index contributed by atoms with van der Waals surface area (Å²) in [6, 6.07) is 5.80. The average Bonchev–Trinajstić information content (AvgIpc) is 3.06. The van der Waals surface area contributed by atoms with Crippen LogP contribution in [0.4, 0.5) is 0 Å². The number of morpholine rings is 1. The molecule has 3 rings (SSSR count). The molecule has 0 aliphatic carbocycles. The van der Waals surface area contributed by atoms with Gasteiger partial charge in [-0.05, 0) is 36.6 Å². The Morgan fingerprint density at radius 3 is 2.79 bits per heavy atom. The van der Waals surface area contributed by atoms with Gasteiger partial charge in [0.2, 0.25) is 0 Å². The fraction of sp³-hybridized carbons (Fsp3) is 0.500. The molecule has 3 heterocycles. The maximum Gasteiger partial charge on any atom is 0.272 e. The molecule has 1 fully saturated rings. The number of hydrogen-bond donors (Lipinski definition) is 0. The lowest BCUT2D eigenvalue weighted by Crippen LogP contribution is -2.43. The van der Waals surface area contributed by atoms with Crippen LogP contribution in [-0.4, -0.2) is 45.3 Å². The summed E-state index contributed by atoms with van der Waals surface area (Å²) in [5, 5.41) is 4.55. The third kappa shape index (κ3) is 3.33. The second-order valence-corrected chi connectivity index (χ2v) is 6.32. The fourth-order valence-corrected chi connectivity index (χ4v) is 2.91. The van der Waals surface area contributed by atoms with Crippen molar-refractivity contribution in [2.24, 2.45) is 0 Å². The maximum absolute atomic E-state index is 13.0. The van der Waals surface area contributed by atoms with Crippen molar-refractivity contribution in [1.82, 2.24) is 19.7 Å². The number of nitrogens with zero attached hydrogens (tertiary/aromatic N) is 4. The first-order chi connectivity index (χ1) is 11.6. The van der Waals surface area contributed by atoms with Gasteiger partial charge in [-0.2, -0.15) is 5.10 Å². The van der Waals surface area contributed by atoms with Gasteiger partial charge in [0.15, 0.2) is 0 Å². The lowest BCUT2D eigenvalue weighted by atomic mass is 10.1. The summed E-state index contributed by atoms with van der Waals surface area (Å²) < 4.78 is 7.64. The monoisotopic (exact) mass is 328 g/mol. The van der Waals surface area contributed by atoms with Gasteiger partial charge in [-0.3, -0.25) is 14.5 Å². The minimum Gasteiger partial charge on any atom is -0.370 e. The van der Waals surface area contributed by atoms with Gasteiger partial charge in [0, 0.05) is 25.5 Å². The molecule has 24 heavy (non-hydrogen) atoms. The molecule has 1 aliphatic heterocycles. The van der Waals surface area contributed by atoms with Crippen molar-refractivity contribution in [2.75, 3.05) is 19.7 Å². The number of aryl methyl sites for hydroxylation is 1. The van der Waals surface area contributed by atoms with Crippen LogP contribution in [0.15, 0.2) is 30.6 Å². The standard InChI is InChI=1S/C18H24N4O2/c1-4-22-16(11-15(20-22)13(2)3)18(23)21-9-10-24-17(12-21)14-5-7-19-8-6-14/h5-8,11,13,17H,4,9-10,12H2,1-3H3. The first-order valence-corrected chi connectivity index (χ1v) is 8.48. The van der Waals surface area contributed by atoms with Crippen LogP contribution in [-0.2, 0) is 11.3 Å². The lowest BCUT2D eigenvalue weighted by molar-refractivity contribution is -0.0232. The lowest BCUT2D eigenvalue weighted by Gasteiger charge is -2.33. The van der Waals surface area contributed by atoms with E-state index in [1.54, 1.807) is 17.1 Å². The van der Waals surface area contributed by atoms with Crippen molar-refractivity contribution in [3.8, 4) is 0 Å². The van der Waals surface area contributed by atoms with Crippen molar-refractivity contribution in [2.45, 2.75) is 39.3 Å². The topological polar surface area (TPSA) is 60.2 Å². The van der Waals surface area contributed by atoms with Gasteiger partial charge < -0.3 is 9.64 Å². The van der Waals surface area contributed by atoms with E-state index in [1.165, 1.54) is 0 Å². The summed E-state index contributed by atoms with van der Waals surface area (Å²) in [7, 11) is 0. The molecule has 1 saturated heterocycles. The van der Waals surface area contributed by atoms with E-state index in [0.717, 1.165) is 11.3 Å². The largest absolute Gasteiger partial charge is 0.370 e. The smallest absolute Gasteiger partial charge is 0.272 e. The highest BCUT2D eigenvalue weighted by Gasteiger charge is 2.28. The third-order valence-electron chi connectivity index (χ3n) is 4.34.